The van der Waals surface area contributed by atoms with Gasteiger partial charge >= 0.3 is 5.63 Å². The van der Waals surface area contributed by atoms with Gasteiger partial charge < -0.3 is 4.42 Å². The minimum absolute atomic E-state index is 0.00398. The minimum atomic E-state index is -0.547. The molecule has 0 radical (unpaired) electrons. The zero-order valence-electron chi connectivity index (χ0n) is 6.38. The van der Waals surface area contributed by atoms with Gasteiger partial charge in [0.1, 0.15) is 0 Å². The fourth-order valence-electron chi connectivity index (χ4n) is 1.10. The molecule has 0 N–H and O–H groups in total. The molecule has 4 heteroatoms. The smallest absolute Gasteiger partial charge is 0.336 e. The quantitative estimate of drug-likeness (QED) is 0.666. The number of benzene rings is 1. The van der Waals surface area contributed by atoms with Gasteiger partial charge in [0.15, 0.2) is 11.4 Å². The molecule has 0 fully saturated rings. The van der Waals surface area contributed by atoms with E-state index in [1.165, 1.54) is 18.2 Å². The highest BCUT2D eigenvalue weighted by Gasteiger charge is 2.04. The second kappa shape index (κ2) is 2.96. The first-order valence-electron chi connectivity index (χ1n) is 3.56. The van der Waals surface area contributed by atoms with E-state index in [1.807, 2.05) is 0 Å². The Morgan fingerprint density at radius 2 is 2.08 bits per heavy atom. The molecule has 0 aliphatic carbocycles. The molecular weight excluding hydrogens is 239 g/mol. The third kappa shape index (κ3) is 1.49. The summed E-state index contributed by atoms with van der Waals surface area (Å²) in [6.45, 7) is 0. The SMILES string of the molecule is O=c1ccc2cc(Br)cc(F)c2o1. The van der Waals surface area contributed by atoms with Gasteiger partial charge in [0, 0.05) is 15.9 Å². The van der Waals surface area contributed by atoms with E-state index in [-0.39, 0.29) is 5.58 Å². The van der Waals surface area contributed by atoms with E-state index in [1.54, 1.807) is 6.07 Å². The van der Waals surface area contributed by atoms with Gasteiger partial charge in [0.25, 0.3) is 0 Å². The molecule has 2 nitrogen and oxygen atoms in total. The maximum Gasteiger partial charge on any atom is 0.336 e. The van der Waals surface area contributed by atoms with Crippen LogP contribution in [0.2, 0.25) is 0 Å². The molecule has 0 saturated carbocycles. The summed E-state index contributed by atoms with van der Waals surface area (Å²) in [5.74, 6) is -0.540. The van der Waals surface area contributed by atoms with Crippen molar-refractivity contribution in [1.29, 1.82) is 0 Å². The highest BCUT2D eigenvalue weighted by atomic mass is 79.9. The Bertz CT molecular complexity index is 518. The Morgan fingerprint density at radius 3 is 2.85 bits per heavy atom. The Kier molecular flexibility index (Phi) is 1.92. The second-order valence-corrected chi connectivity index (χ2v) is 3.48. The number of halogens is 2. The van der Waals surface area contributed by atoms with Crippen LogP contribution < -0.4 is 5.63 Å². The normalized spacial score (nSPS) is 10.6. The fraction of sp³-hybridized carbons (Fsp3) is 0. The summed E-state index contributed by atoms with van der Waals surface area (Å²) in [5.41, 5.74) is -0.551. The third-order valence-electron chi connectivity index (χ3n) is 1.64. The van der Waals surface area contributed by atoms with Crippen LogP contribution in [0.5, 0.6) is 0 Å². The molecule has 66 valence electrons. The van der Waals surface area contributed by atoms with Crippen LogP contribution in [0.1, 0.15) is 0 Å². The second-order valence-electron chi connectivity index (χ2n) is 2.56. The van der Waals surface area contributed by atoms with Crippen molar-refractivity contribution >= 4 is 26.9 Å². The molecule has 2 aromatic rings. The van der Waals surface area contributed by atoms with E-state index in [0.29, 0.717) is 9.86 Å². The van der Waals surface area contributed by atoms with Crippen molar-refractivity contribution in [2.24, 2.45) is 0 Å². The highest BCUT2D eigenvalue weighted by Crippen LogP contribution is 2.21. The minimum Gasteiger partial charge on any atom is -0.420 e. The molecule has 0 aliphatic rings. The lowest BCUT2D eigenvalue weighted by molar-refractivity contribution is 0.523. The lowest BCUT2D eigenvalue weighted by atomic mass is 10.2. The molecule has 1 heterocycles. The Hall–Kier alpha value is -1.16. The standard InChI is InChI=1S/C9H4BrFO2/c10-6-3-5-1-2-8(12)13-9(5)7(11)4-6/h1-4H. The van der Waals surface area contributed by atoms with Crippen molar-refractivity contribution in [3.05, 3.63) is 45.0 Å². The number of rotatable bonds is 0. The molecule has 0 aliphatic heterocycles. The summed E-state index contributed by atoms with van der Waals surface area (Å²) in [4.78, 5) is 10.8. The Labute approximate surface area is 81.1 Å². The molecule has 1 aromatic carbocycles. The van der Waals surface area contributed by atoms with E-state index in [0.717, 1.165) is 0 Å². The predicted octanol–water partition coefficient (Wildman–Crippen LogP) is 2.69. The van der Waals surface area contributed by atoms with E-state index in [9.17, 15) is 9.18 Å². The van der Waals surface area contributed by atoms with Crippen LogP contribution in [-0.2, 0) is 0 Å². The van der Waals surface area contributed by atoms with E-state index >= 15 is 0 Å². The average Bonchev–Trinajstić information content (AvgIpc) is 2.06. The first-order chi connectivity index (χ1) is 6.16. The third-order valence-corrected chi connectivity index (χ3v) is 2.10. The number of hydrogen-bond donors (Lipinski definition) is 0. The van der Waals surface area contributed by atoms with Crippen LogP contribution >= 0.6 is 15.9 Å². The van der Waals surface area contributed by atoms with Gasteiger partial charge in [-0.2, -0.15) is 0 Å². The first kappa shape index (κ1) is 8.44. The van der Waals surface area contributed by atoms with Gasteiger partial charge in [-0.25, -0.2) is 9.18 Å². The van der Waals surface area contributed by atoms with Crippen molar-refractivity contribution in [2.75, 3.05) is 0 Å². The van der Waals surface area contributed by atoms with Crippen LogP contribution in [0.4, 0.5) is 4.39 Å². The van der Waals surface area contributed by atoms with Crippen molar-refractivity contribution < 1.29 is 8.81 Å². The molecule has 0 saturated heterocycles. The topological polar surface area (TPSA) is 30.2 Å². The molecular formula is C9H4BrFO2. The van der Waals surface area contributed by atoms with Crippen molar-refractivity contribution in [3.63, 3.8) is 0 Å². The zero-order valence-corrected chi connectivity index (χ0v) is 7.97. The lowest BCUT2D eigenvalue weighted by Crippen LogP contribution is -1.95. The molecule has 13 heavy (non-hydrogen) atoms. The predicted molar refractivity (Wildman–Crippen MR) is 50.1 cm³/mol. The van der Waals surface area contributed by atoms with Crippen LogP contribution in [0.15, 0.2) is 37.9 Å². The zero-order chi connectivity index (χ0) is 9.42. The van der Waals surface area contributed by atoms with Crippen LogP contribution in [0, 0.1) is 5.82 Å². The highest BCUT2D eigenvalue weighted by molar-refractivity contribution is 9.10. The molecule has 2 rings (SSSR count). The maximum atomic E-state index is 13.2. The van der Waals surface area contributed by atoms with Crippen molar-refractivity contribution in [1.82, 2.24) is 0 Å². The molecule has 1 aromatic heterocycles. The summed E-state index contributed by atoms with van der Waals surface area (Å²) < 4.78 is 18.5. The summed E-state index contributed by atoms with van der Waals surface area (Å²) in [6, 6.07) is 5.72. The average molecular weight is 243 g/mol. The Morgan fingerprint density at radius 1 is 1.31 bits per heavy atom. The van der Waals surface area contributed by atoms with Crippen LogP contribution in [0.3, 0.4) is 0 Å². The summed E-state index contributed by atoms with van der Waals surface area (Å²) in [6.07, 6.45) is 0. The van der Waals surface area contributed by atoms with Crippen molar-refractivity contribution in [2.45, 2.75) is 0 Å². The van der Waals surface area contributed by atoms with Crippen molar-refractivity contribution in [3.8, 4) is 0 Å². The first-order valence-corrected chi connectivity index (χ1v) is 4.35. The van der Waals surface area contributed by atoms with E-state index < -0.39 is 11.4 Å². The van der Waals surface area contributed by atoms with Crippen LogP contribution in [-0.4, -0.2) is 0 Å². The summed E-state index contributed by atoms with van der Waals surface area (Å²) in [5, 5.41) is 0.562. The Balaban J connectivity index is 2.95. The number of fused-ring (bicyclic) bond motifs is 1. The maximum absolute atomic E-state index is 13.2. The molecule has 0 atom stereocenters. The van der Waals surface area contributed by atoms with Gasteiger partial charge in [0.05, 0.1) is 0 Å². The molecule has 0 spiro atoms. The van der Waals surface area contributed by atoms with Crippen LogP contribution in [0.25, 0.3) is 11.0 Å². The molecule has 0 unspecified atom stereocenters. The van der Waals surface area contributed by atoms with Gasteiger partial charge in [-0.1, -0.05) is 15.9 Å². The monoisotopic (exact) mass is 242 g/mol. The number of hydrogen-bond acceptors (Lipinski definition) is 2. The van der Waals surface area contributed by atoms with E-state index in [4.69, 9.17) is 4.42 Å². The lowest BCUT2D eigenvalue weighted by Gasteiger charge is -1.97. The largest absolute Gasteiger partial charge is 0.420 e. The van der Waals surface area contributed by atoms with E-state index in [2.05, 4.69) is 15.9 Å². The van der Waals surface area contributed by atoms with Gasteiger partial charge in [0.2, 0.25) is 0 Å². The molecule has 0 bridgehead atoms. The van der Waals surface area contributed by atoms with Gasteiger partial charge in [-0.3, -0.25) is 0 Å². The fourth-order valence-corrected chi connectivity index (χ4v) is 1.55. The van der Waals surface area contributed by atoms with Gasteiger partial charge in [-0.15, -0.1) is 0 Å². The summed E-state index contributed by atoms with van der Waals surface area (Å²) in [7, 11) is 0. The molecule has 0 amide bonds. The summed E-state index contributed by atoms with van der Waals surface area (Å²) >= 11 is 3.14. The van der Waals surface area contributed by atoms with Gasteiger partial charge in [-0.05, 0) is 18.2 Å².